The van der Waals surface area contributed by atoms with E-state index in [1.54, 1.807) is 0 Å². The molecule has 0 radical (unpaired) electrons. The lowest BCUT2D eigenvalue weighted by Gasteiger charge is -2.14. The van der Waals surface area contributed by atoms with E-state index < -0.39 is 6.10 Å². The Morgan fingerprint density at radius 1 is 0.903 bits per heavy atom. The maximum absolute atomic E-state index is 10.7. The van der Waals surface area contributed by atoms with Crippen molar-refractivity contribution < 1.29 is 5.11 Å². The van der Waals surface area contributed by atoms with Gasteiger partial charge in [0.2, 0.25) is 0 Å². The van der Waals surface area contributed by atoms with Crippen LogP contribution in [0.15, 0.2) is 85.2 Å². The van der Waals surface area contributed by atoms with Crippen molar-refractivity contribution >= 4 is 33.4 Å². The van der Waals surface area contributed by atoms with Gasteiger partial charge in [-0.05, 0) is 36.4 Å². The SMILES string of the molecule is OC(CNCc1cnn(-c2ccc(Cl)cc2)c1)Cn1c2ccccc2c2ccccc21. The predicted molar refractivity (Wildman–Crippen MR) is 126 cm³/mol. The molecule has 2 aromatic heterocycles. The molecule has 5 rings (SSSR count). The summed E-state index contributed by atoms with van der Waals surface area (Å²) in [4.78, 5) is 0. The Bertz CT molecular complexity index is 1270. The minimum Gasteiger partial charge on any atom is -0.390 e. The van der Waals surface area contributed by atoms with Gasteiger partial charge in [-0.1, -0.05) is 48.0 Å². The number of hydrogen-bond donors (Lipinski definition) is 2. The van der Waals surface area contributed by atoms with Crippen LogP contribution in [0.1, 0.15) is 5.56 Å². The molecular weight excluding hydrogens is 408 g/mol. The lowest BCUT2D eigenvalue weighted by atomic mass is 10.2. The first-order valence-electron chi connectivity index (χ1n) is 10.3. The van der Waals surface area contributed by atoms with E-state index in [1.165, 1.54) is 10.8 Å². The molecule has 1 unspecified atom stereocenters. The van der Waals surface area contributed by atoms with Crippen LogP contribution in [-0.2, 0) is 13.1 Å². The first-order chi connectivity index (χ1) is 15.2. The van der Waals surface area contributed by atoms with Gasteiger partial charge in [-0.3, -0.25) is 0 Å². The van der Waals surface area contributed by atoms with Crippen LogP contribution in [-0.4, -0.2) is 32.1 Å². The van der Waals surface area contributed by atoms with Gasteiger partial charge in [0.15, 0.2) is 0 Å². The van der Waals surface area contributed by atoms with E-state index in [1.807, 2.05) is 53.5 Å². The fourth-order valence-corrected chi connectivity index (χ4v) is 4.17. The zero-order chi connectivity index (χ0) is 21.2. The summed E-state index contributed by atoms with van der Waals surface area (Å²) in [5, 5.41) is 21.6. The summed E-state index contributed by atoms with van der Waals surface area (Å²) in [5.41, 5.74) is 4.31. The van der Waals surface area contributed by atoms with Crippen LogP contribution in [0.25, 0.3) is 27.5 Å². The van der Waals surface area contributed by atoms with E-state index >= 15 is 0 Å². The highest BCUT2D eigenvalue weighted by atomic mass is 35.5. The normalized spacial score (nSPS) is 12.6. The van der Waals surface area contributed by atoms with Crippen LogP contribution in [0.5, 0.6) is 0 Å². The molecule has 31 heavy (non-hydrogen) atoms. The summed E-state index contributed by atoms with van der Waals surface area (Å²) in [6, 6.07) is 24.3. The second-order valence-corrected chi connectivity index (χ2v) is 8.14. The Labute approximate surface area is 185 Å². The van der Waals surface area contributed by atoms with Crippen LogP contribution in [0.2, 0.25) is 5.02 Å². The Hall–Kier alpha value is -3.12. The van der Waals surface area contributed by atoms with Gasteiger partial charge in [-0.15, -0.1) is 0 Å². The molecule has 1 atom stereocenters. The standard InChI is InChI=1S/C25H23ClN4O/c26-19-9-11-20(12-10-19)30-16-18(14-28-30)13-27-15-21(31)17-29-24-7-3-1-5-22(24)23-6-2-4-8-25(23)29/h1-12,14,16,21,27,31H,13,15,17H2. The van der Waals surface area contributed by atoms with E-state index in [-0.39, 0.29) is 0 Å². The molecule has 0 saturated carbocycles. The fourth-order valence-electron chi connectivity index (χ4n) is 4.04. The molecule has 0 aliphatic carbocycles. The van der Waals surface area contributed by atoms with E-state index in [0.717, 1.165) is 22.3 Å². The highest BCUT2D eigenvalue weighted by Crippen LogP contribution is 2.28. The number of aliphatic hydroxyl groups is 1. The zero-order valence-electron chi connectivity index (χ0n) is 16.9. The van der Waals surface area contributed by atoms with Crippen LogP contribution < -0.4 is 5.32 Å². The number of aliphatic hydroxyl groups excluding tert-OH is 1. The van der Waals surface area contributed by atoms with E-state index in [0.29, 0.717) is 24.7 Å². The van der Waals surface area contributed by atoms with E-state index in [9.17, 15) is 5.11 Å². The average molecular weight is 431 g/mol. The second-order valence-electron chi connectivity index (χ2n) is 7.70. The molecule has 0 aliphatic rings. The molecular formula is C25H23ClN4O. The van der Waals surface area contributed by atoms with Gasteiger partial charge in [-0.2, -0.15) is 5.10 Å². The number of aromatic nitrogens is 3. The number of halogens is 1. The third-order valence-electron chi connectivity index (χ3n) is 5.51. The first kappa shape index (κ1) is 19.8. The van der Waals surface area contributed by atoms with Crippen LogP contribution >= 0.6 is 11.6 Å². The predicted octanol–water partition coefficient (Wildman–Crippen LogP) is 4.78. The van der Waals surface area contributed by atoms with Crippen molar-refractivity contribution in [3.05, 3.63) is 95.8 Å². The summed E-state index contributed by atoms with van der Waals surface area (Å²) in [6.45, 7) is 1.66. The van der Waals surface area contributed by atoms with Crippen molar-refractivity contribution in [1.82, 2.24) is 19.7 Å². The van der Waals surface area contributed by atoms with Crippen LogP contribution in [0.3, 0.4) is 0 Å². The number of nitrogens with zero attached hydrogens (tertiary/aromatic N) is 3. The smallest absolute Gasteiger partial charge is 0.0843 e. The first-order valence-corrected chi connectivity index (χ1v) is 10.7. The fraction of sp³-hybridized carbons (Fsp3) is 0.160. The third kappa shape index (κ3) is 4.08. The topological polar surface area (TPSA) is 55.0 Å². The monoisotopic (exact) mass is 430 g/mol. The van der Waals surface area contributed by atoms with Crippen molar-refractivity contribution in [3.63, 3.8) is 0 Å². The molecule has 0 bridgehead atoms. The lowest BCUT2D eigenvalue weighted by molar-refractivity contribution is 0.154. The summed E-state index contributed by atoms with van der Waals surface area (Å²) < 4.78 is 4.03. The molecule has 0 aliphatic heterocycles. The molecule has 2 N–H and O–H groups in total. The van der Waals surface area contributed by atoms with Crippen LogP contribution in [0.4, 0.5) is 0 Å². The van der Waals surface area contributed by atoms with Gasteiger partial charge in [0.1, 0.15) is 0 Å². The minimum absolute atomic E-state index is 0.493. The number of rotatable bonds is 7. The van der Waals surface area contributed by atoms with Crippen molar-refractivity contribution in [1.29, 1.82) is 0 Å². The van der Waals surface area contributed by atoms with Crippen molar-refractivity contribution in [2.24, 2.45) is 0 Å². The Balaban J connectivity index is 1.24. The van der Waals surface area contributed by atoms with Gasteiger partial charge in [-0.25, -0.2) is 4.68 Å². The van der Waals surface area contributed by atoms with Gasteiger partial charge in [0, 0.05) is 51.7 Å². The number of benzene rings is 3. The minimum atomic E-state index is -0.509. The van der Waals surface area contributed by atoms with Crippen LogP contribution in [0, 0.1) is 0 Å². The Morgan fingerprint density at radius 3 is 2.23 bits per heavy atom. The molecule has 0 amide bonds. The largest absolute Gasteiger partial charge is 0.390 e. The highest BCUT2D eigenvalue weighted by molar-refractivity contribution is 6.30. The summed E-state index contributed by atoms with van der Waals surface area (Å²) in [5.74, 6) is 0. The average Bonchev–Trinajstić information content (AvgIpc) is 3.38. The Morgan fingerprint density at radius 2 is 1.55 bits per heavy atom. The zero-order valence-corrected chi connectivity index (χ0v) is 17.7. The van der Waals surface area contributed by atoms with Crippen molar-refractivity contribution in [2.45, 2.75) is 19.2 Å². The Kier molecular flexibility index (Phi) is 5.47. The maximum atomic E-state index is 10.7. The number of nitrogens with one attached hydrogen (secondary N) is 1. The summed E-state index contributed by atoms with van der Waals surface area (Å²) >= 11 is 5.95. The van der Waals surface area contributed by atoms with E-state index in [4.69, 9.17) is 11.6 Å². The molecule has 2 heterocycles. The molecule has 0 spiro atoms. The highest BCUT2D eigenvalue weighted by Gasteiger charge is 2.13. The molecule has 6 heteroatoms. The molecule has 5 nitrogen and oxygen atoms in total. The quantitative estimate of drug-likeness (QED) is 0.390. The number of hydrogen-bond acceptors (Lipinski definition) is 3. The number of para-hydroxylation sites is 2. The summed E-state index contributed by atoms with van der Waals surface area (Å²) in [6.07, 6.45) is 3.31. The van der Waals surface area contributed by atoms with Gasteiger partial charge in [0.05, 0.1) is 24.5 Å². The molecule has 5 aromatic rings. The summed E-state index contributed by atoms with van der Waals surface area (Å²) in [7, 11) is 0. The van der Waals surface area contributed by atoms with E-state index in [2.05, 4.69) is 51.4 Å². The van der Waals surface area contributed by atoms with Gasteiger partial charge < -0.3 is 15.0 Å². The molecule has 0 fully saturated rings. The van der Waals surface area contributed by atoms with Gasteiger partial charge in [0.25, 0.3) is 0 Å². The molecule has 156 valence electrons. The van der Waals surface area contributed by atoms with Crippen molar-refractivity contribution in [2.75, 3.05) is 6.54 Å². The lowest BCUT2D eigenvalue weighted by Crippen LogP contribution is -2.29. The molecule has 0 saturated heterocycles. The van der Waals surface area contributed by atoms with Gasteiger partial charge >= 0.3 is 0 Å². The maximum Gasteiger partial charge on any atom is 0.0843 e. The third-order valence-corrected chi connectivity index (χ3v) is 5.76. The second kappa shape index (κ2) is 8.55. The van der Waals surface area contributed by atoms with Crippen molar-refractivity contribution in [3.8, 4) is 5.69 Å². The molecule has 3 aromatic carbocycles. The number of fused-ring (bicyclic) bond motifs is 3.